The molecule has 0 bridgehead atoms. The zero-order chi connectivity index (χ0) is 14.8. The highest BCUT2D eigenvalue weighted by Crippen LogP contribution is 2.35. The number of hydrogen-bond donors (Lipinski definition) is 1. The Morgan fingerprint density at radius 3 is 2.70 bits per heavy atom. The van der Waals surface area contributed by atoms with Crippen molar-refractivity contribution in [2.45, 2.75) is 57.5 Å². The van der Waals surface area contributed by atoms with Crippen molar-refractivity contribution in [2.24, 2.45) is 11.8 Å². The Hall–Kier alpha value is -0.610. The fraction of sp³-hybridized carbons (Fsp3) is 0.938. The zero-order valence-corrected chi connectivity index (χ0v) is 13.4. The summed E-state index contributed by atoms with van der Waals surface area (Å²) in [6.45, 7) is 7.03. The highest BCUT2D eigenvalue weighted by atomic mass is 16.5. The van der Waals surface area contributed by atoms with Crippen LogP contribution >= 0.6 is 0 Å². The van der Waals surface area contributed by atoms with Gasteiger partial charge in [0.1, 0.15) is 5.54 Å². The standard InChI is InChI=1S/C16H30N2O2/c1-12(2)13-7-9-18(11-13)14-6-5-8-16(10-14,17-3)15(19)20-4/h12-14,17H,5-11H2,1-4H3. The number of rotatable bonds is 4. The number of likely N-dealkylation sites (tertiary alicyclic amines) is 1. The predicted octanol–water partition coefficient (Wildman–Crippen LogP) is 2.04. The highest BCUT2D eigenvalue weighted by Gasteiger charge is 2.45. The van der Waals surface area contributed by atoms with E-state index in [2.05, 4.69) is 24.1 Å². The Morgan fingerprint density at radius 1 is 1.40 bits per heavy atom. The minimum atomic E-state index is -0.465. The van der Waals surface area contributed by atoms with Gasteiger partial charge in [-0.1, -0.05) is 13.8 Å². The maximum Gasteiger partial charge on any atom is 0.326 e. The predicted molar refractivity (Wildman–Crippen MR) is 80.6 cm³/mol. The van der Waals surface area contributed by atoms with E-state index in [-0.39, 0.29) is 5.97 Å². The van der Waals surface area contributed by atoms with Crippen molar-refractivity contribution in [1.29, 1.82) is 0 Å². The van der Waals surface area contributed by atoms with E-state index in [4.69, 9.17) is 4.74 Å². The normalized spacial score (nSPS) is 35.5. The molecule has 1 aliphatic heterocycles. The summed E-state index contributed by atoms with van der Waals surface area (Å²) in [5, 5.41) is 3.25. The van der Waals surface area contributed by atoms with Crippen LogP contribution in [0.15, 0.2) is 0 Å². The van der Waals surface area contributed by atoms with Gasteiger partial charge in [-0.3, -0.25) is 4.79 Å². The number of nitrogens with zero attached hydrogens (tertiary/aromatic N) is 1. The molecule has 4 nitrogen and oxygen atoms in total. The lowest BCUT2D eigenvalue weighted by atomic mass is 9.78. The first kappa shape index (κ1) is 15.8. The molecule has 0 radical (unpaired) electrons. The largest absolute Gasteiger partial charge is 0.468 e. The minimum Gasteiger partial charge on any atom is -0.468 e. The van der Waals surface area contributed by atoms with Crippen molar-refractivity contribution >= 4 is 5.97 Å². The summed E-state index contributed by atoms with van der Waals surface area (Å²) in [6, 6.07) is 0.527. The van der Waals surface area contributed by atoms with Crippen LogP contribution in [0.3, 0.4) is 0 Å². The number of nitrogens with one attached hydrogen (secondary N) is 1. The summed E-state index contributed by atoms with van der Waals surface area (Å²) in [7, 11) is 3.38. The lowest BCUT2D eigenvalue weighted by molar-refractivity contribution is -0.151. The molecular weight excluding hydrogens is 252 g/mol. The van der Waals surface area contributed by atoms with E-state index in [9.17, 15) is 4.79 Å². The lowest BCUT2D eigenvalue weighted by Gasteiger charge is -2.42. The maximum absolute atomic E-state index is 12.1. The molecule has 1 N–H and O–H groups in total. The van der Waals surface area contributed by atoms with Crippen LogP contribution in [0.25, 0.3) is 0 Å². The molecule has 0 aromatic carbocycles. The van der Waals surface area contributed by atoms with Gasteiger partial charge in [-0.25, -0.2) is 0 Å². The molecule has 1 saturated heterocycles. The van der Waals surface area contributed by atoms with E-state index in [0.717, 1.165) is 31.1 Å². The number of carbonyl (C=O) groups excluding carboxylic acids is 1. The monoisotopic (exact) mass is 282 g/mol. The second-order valence-electron chi connectivity index (χ2n) is 6.86. The second-order valence-corrected chi connectivity index (χ2v) is 6.86. The number of likely N-dealkylation sites (N-methyl/N-ethyl adjacent to an activating group) is 1. The SMILES string of the molecule is CNC1(C(=O)OC)CCCC(N2CCC(C(C)C)C2)C1. The van der Waals surface area contributed by atoms with Crippen LogP contribution in [-0.2, 0) is 9.53 Å². The fourth-order valence-corrected chi connectivity index (χ4v) is 3.96. The lowest BCUT2D eigenvalue weighted by Crippen LogP contribution is -2.57. The summed E-state index contributed by atoms with van der Waals surface area (Å²) in [6.07, 6.45) is 5.41. The minimum absolute atomic E-state index is 0.0932. The van der Waals surface area contributed by atoms with E-state index in [1.807, 2.05) is 7.05 Å². The molecule has 1 saturated carbocycles. The van der Waals surface area contributed by atoms with Crippen LogP contribution < -0.4 is 5.32 Å². The highest BCUT2D eigenvalue weighted by molar-refractivity contribution is 5.81. The molecular formula is C16H30N2O2. The number of ether oxygens (including phenoxy) is 1. The Morgan fingerprint density at radius 2 is 2.15 bits per heavy atom. The van der Waals surface area contributed by atoms with Crippen LogP contribution in [0, 0.1) is 11.8 Å². The first-order valence-electron chi connectivity index (χ1n) is 8.04. The zero-order valence-electron chi connectivity index (χ0n) is 13.4. The molecule has 2 aliphatic rings. The molecule has 2 rings (SSSR count). The molecule has 0 amide bonds. The summed E-state index contributed by atoms with van der Waals surface area (Å²) >= 11 is 0. The number of carbonyl (C=O) groups is 1. The molecule has 4 heteroatoms. The van der Waals surface area contributed by atoms with Gasteiger partial charge in [0, 0.05) is 12.6 Å². The maximum atomic E-state index is 12.1. The van der Waals surface area contributed by atoms with Crippen molar-refractivity contribution in [3.8, 4) is 0 Å². The Labute approximate surface area is 123 Å². The van der Waals surface area contributed by atoms with Gasteiger partial charge in [-0.05, 0) is 57.5 Å². The van der Waals surface area contributed by atoms with E-state index in [0.29, 0.717) is 6.04 Å². The van der Waals surface area contributed by atoms with E-state index in [1.165, 1.54) is 33.0 Å². The Kier molecular flexibility index (Phi) is 5.08. The third kappa shape index (κ3) is 3.01. The Balaban J connectivity index is 2.02. The molecule has 3 unspecified atom stereocenters. The molecule has 116 valence electrons. The molecule has 2 fully saturated rings. The van der Waals surface area contributed by atoms with Crippen molar-refractivity contribution < 1.29 is 9.53 Å². The van der Waals surface area contributed by atoms with Gasteiger partial charge in [0.05, 0.1) is 7.11 Å². The third-order valence-corrected chi connectivity index (χ3v) is 5.50. The smallest absolute Gasteiger partial charge is 0.326 e. The molecule has 1 aliphatic carbocycles. The summed E-state index contributed by atoms with van der Waals surface area (Å²) in [5.74, 6) is 1.49. The second kappa shape index (κ2) is 6.44. The van der Waals surface area contributed by atoms with Gasteiger partial charge < -0.3 is 15.0 Å². The van der Waals surface area contributed by atoms with E-state index >= 15 is 0 Å². The number of esters is 1. The van der Waals surface area contributed by atoms with Crippen LogP contribution in [0.4, 0.5) is 0 Å². The summed E-state index contributed by atoms with van der Waals surface area (Å²) in [5.41, 5.74) is -0.465. The topological polar surface area (TPSA) is 41.6 Å². The fourth-order valence-electron chi connectivity index (χ4n) is 3.96. The first-order chi connectivity index (χ1) is 9.52. The van der Waals surface area contributed by atoms with E-state index < -0.39 is 5.54 Å². The molecule has 3 atom stereocenters. The van der Waals surface area contributed by atoms with Crippen LogP contribution in [0.1, 0.15) is 46.0 Å². The summed E-state index contributed by atoms with van der Waals surface area (Å²) < 4.78 is 5.03. The van der Waals surface area contributed by atoms with Gasteiger partial charge in [-0.15, -0.1) is 0 Å². The van der Waals surface area contributed by atoms with Gasteiger partial charge >= 0.3 is 5.97 Å². The number of hydrogen-bond acceptors (Lipinski definition) is 4. The third-order valence-electron chi connectivity index (χ3n) is 5.50. The van der Waals surface area contributed by atoms with E-state index in [1.54, 1.807) is 0 Å². The summed E-state index contributed by atoms with van der Waals surface area (Å²) in [4.78, 5) is 14.8. The molecule has 20 heavy (non-hydrogen) atoms. The molecule has 0 spiro atoms. The van der Waals surface area contributed by atoms with Gasteiger partial charge in [-0.2, -0.15) is 0 Å². The first-order valence-corrected chi connectivity index (χ1v) is 8.04. The molecule has 0 aromatic rings. The molecule has 0 aromatic heterocycles. The van der Waals surface area contributed by atoms with Gasteiger partial charge in [0.25, 0.3) is 0 Å². The average Bonchev–Trinajstić information content (AvgIpc) is 2.96. The quantitative estimate of drug-likeness (QED) is 0.801. The average molecular weight is 282 g/mol. The van der Waals surface area contributed by atoms with Crippen LogP contribution in [0.2, 0.25) is 0 Å². The van der Waals surface area contributed by atoms with Gasteiger partial charge in [0.15, 0.2) is 0 Å². The molecule has 1 heterocycles. The van der Waals surface area contributed by atoms with Crippen LogP contribution in [0.5, 0.6) is 0 Å². The van der Waals surface area contributed by atoms with Crippen molar-refractivity contribution in [2.75, 3.05) is 27.2 Å². The van der Waals surface area contributed by atoms with Gasteiger partial charge in [0.2, 0.25) is 0 Å². The van der Waals surface area contributed by atoms with Crippen molar-refractivity contribution in [3.63, 3.8) is 0 Å². The van der Waals surface area contributed by atoms with Crippen molar-refractivity contribution in [3.05, 3.63) is 0 Å². The Bertz CT molecular complexity index is 345. The van der Waals surface area contributed by atoms with Crippen LogP contribution in [-0.4, -0.2) is 49.7 Å². The van der Waals surface area contributed by atoms with Crippen molar-refractivity contribution in [1.82, 2.24) is 10.2 Å². The number of methoxy groups -OCH3 is 1.